The van der Waals surface area contributed by atoms with Crippen LogP contribution in [0.25, 0.3) is 0 Å². The molecule has 0 spiro atoms. The van der Waals surface area contributed by atoms with E-state index in [4.69, 9.17) is 0 Å². The molecule has 1 amide bonds. The van der Waals surface area contributed by atoms with Gasteiger partial charge >= 0.3 is 0 Å². The SMILES string of the molecule is O=C(NCC1CNC1)c1cc(S(=O)(=O)N2CCSCC2)c[nH]1. The standard InChI is InChI=1S/C13H20N4O3S2/c18-13(16-8-10-6-14-7-10)12-5-11(9-15-12)22(19,20)17-1-3-21-4-2-17/h5,9-10,14-15H,1-4,6-8H2,(H,16,18). The molecule has 3 N–H and O–H groups in total. The van der Waals surface area contributed by atoms with Crippen molar-refractivity contribution in [3.05, 3.63) is 18.0 Å². The minimum absolute atomic E-state index is 0.162. The molecule has 1 aromatic heterocycles. The predicted molar refractivity (Wildman–Crippen MR) is 85.6 cm³/mol. The first kappa shape index (κ1) is 15.9. The molecule has 22 heavy (non-hydrogen) atoms. The smallest absolute Gasteiger partial charge is 0.267 e. The van der Waals surface area contributed by atoms with E-state index in [1.807, 2.05) is 0 Å². The van der Waals surface area contributed by atoms with Crippen LogP contribution in [0, 0.1) is 5.92 Å². The summed E-state index contributed by atoms with van der Waals surface area (Å²) in [5, 5.41) is 5.96. The second kappa shape index (κ2) is 6.61. The number of nitrogens with one attached hydrogen (secondary N) is 3. The van der Waals surface area contributed by atoms with Gasteiger partial charge in [-0.2, -0.15) is 16.1 Å². The molecule has 0 aromatic carbocycles. The molecule has 3 heterocycles. The van der Waals surface area contributed by atoms with Crippen molar-refractivity contribution in [2.45, 2.75) is 4.90 Å². The molecule has 2 fully saturated rings. The molecular formula is C13H20N4O3S2. The second-order valence-electron chi connectivity index (χ2n) is 5.50. The lowest BCUT2D eigenvalue weighted by Crippen LogP contribution is -2.48. The molecular weight excluding hydrogens is 324 g/mol. The summed E-state index contributed by atoms with van der Waals surface area (Å²) in [5.74, 6) is 1.83. The van der Waals surface area contributed by atoms with Crippen LogP contribution in [0.3, 0.4) is 0 Å². The Kier molecular flexibility index (Phi) is 4.76. The maximum absolute atomic E-state index is 12.5. The average molecular weight is 344 g/mol. The maximum Gasteiger partial charge on any atom is 0.267 e. The Morgan fingerprint density at radius 2 is 2.09 bits per heavy atom. The molecule has 0 bridgehead atoms. The van der Waals surface area contributed by atoms with Crippen molar-refractivity contribution in [3.8, 4) is 0 Å². The van der Waals surface area contributed by atoms with Gasteiger partial charge < -0.3 is 15.6 Å². The number of aromatic nitrogens is 1. The van der Waals surface area contributed by atoms with E-state index in [-0.39, 0.29) is 16.5 Å². The van der Waals surface area contributed by atoms with Gasteiger partial charge in [-0.05, 0) is 6.07 Å². The molecule has 2 saturated heterocycles. The average Bonchev–Trinajstić information content (AvgIpc) is 2.97. The summed E-state index contributed by atoms with van der Waals surface area (Å²) in [6, 6.07) is 1.42. The number of hydrogen-bond acceptors (Lipinski definition) is 5. The third kappa shape index (κ3) is 3.32. The van der Waals surface area contributed by atoms with Gasteiger partial charge in [0.05, 0.1) is 0 Å². The maximum atomic E-state index is 12.5. The number of hydrogen-bond donors (Lipinski definition) is 3. The fourth-order valence-corrected chi connectivity index (χ4v) is 4.99. The highest BCUT2D eigenvalue weighted by atomic mass is 32.2. The van der Waals surface area contributed by atoms with E-state index < -0.39 is 10.0 Å². The molecule has 0 unspecified atom stereocenters. The number of nitrogens with zero attached hydrogens (tertiary/aromatic N) is 1. The first-order valence-corrected chi connectivity index (χ1v) is 9.92. The fraction of sp³-hybridized carbons (Fsp3) is 0.615. The highest BCUT2D eigenvalue weighted by Crippen LogP contribution is 2.20. The zero-order valence-electron chi connectivity index (χ0n) is 12.2. The van der Waals surface area contributed by atoms with Crippen LogP contribution in [-0.4, -0.2) is 67.8 Å². The molecule has 3 rings (SSSR count). The highest BCUT2D eigenvalue weighted by molar-refractivity contribution is 7.99. The van der Waals surface area contributed by atoms with E-state index >= 15 is 0 Å². The zero-order valence-corrected chi connectivity index (χ0v) is 13.8. The molecule has 2 aliphatic rings. The van der Waals surface area contributed by atoms with Crippen LogP contribution in [0.15, 0.2) is 17.2 Å². The zero-order chi connectivity index (χ0) is 15.6. The topological polar surface area (TPSA) is 94.3 Å². The summed E-state index contributed by atoms with van der Waals surface area (Å²) in [4.78, 5) is 15.0. The molecule has 122 valence electrons. The number of rotatable bonds is 5. The molecule has 7 nitrogen and oxygen atoms in total. The lowest BCUT2D eigenvalue weighted by atomic mass is 10.0. The largest absolute Gasteiger partial charge is 0.356 e. The van der Waals surface area contributed by atoms with E-state index in [1.54, 1.807) is 11.8 Å². The van der Waals surface area contributed by atoms with Gasteiger partial charge in [0, 0.05) is 56.3 Å². The van der Waals surface area contributed by atoms with Gasteiger partial charge in [0.25, 0.3) is 5.91 Å². The van der Waals surface area contributed by atoms with Crippen LogP contribution in [0.4, 0.5) is 0 Å². The number of sulfonamides is 1. The molecule has 0 radical (unpaired) electrons. The minimum Gasteiger partial charge on any atom is -0.356 e. The number of carbonyl (C=O) groups is 1. The van der Waals surface area contributed by atoms with Gasteiger partial charge in [0.1, 0.15) is 10.6 Å². The van der Waals surface area contributed by atoms with Gasteiger partial charge in [-0.25, -0.2) is 8.42 Å². The van der Waals surface area contributed by atoms with Crippen molar-refractivity contribution in [2.75, 3.05) is 44.2 Å². The Morgan fingerprint density at radius 1 is 1.36 bits per heavy atom. The lowest BCUT2D eigenvalue weighted by Gasteiger charge is -2.26. The van der Waals surface area contributed by atoms with Crippen molar-refractivity contribution in [2.24, 2.45) is 5.92 Å². The van der Waals surface area contributed by atoms with Crippen LogP contribution < -0.4 is 10.6 Å². The molecule has 0 saturated carbocycles. The first-order valence-electron chi connectivity index (χ1n) is 7.32. The Morgan fingerprint density at radius 3 is 2.73 bits per heavy atom. The molecule has 9 heteroatoms. The third-order valence-corrected chi connectivity index (χ3v) is 6.75. The van der Waals surface area contributed by atoms with Crippen LogP contribution in [-0.2, 0) is 10.0 Å². The minimum atomic E-state index is -3.50. The quantitative estimate of drug-likeness (QED) is 0.682. The van der Waals surface area contributed by atoms with Gasteiger partial charge in [0.2, 0.25) is 10.0 Å². The molecule has 2 aliphatic heterocycles. The predicted octanol–water partition coefficient (Wildman–Crippen LogP) is -0.299. The Balaban J connectivity index is 1.65. The first-order chi connectivity index (χ1) is 10.6. The fourth-order valence-electron chi connectivity index (χ4n) is 2.42. The second-order valence-corrected chi connectivity index (χ2v) is 8.66. The van der Waals surface area contributed by atoms with E-state index in [1.165, 1.54) is 16.6 Å². The number of amides is 1. The number of aromatic amines is 1. The van der Waals surface area contributed by atoms with Crippen LogP contribution in [0.1, 0.15) is 10.5 Å². The highest BCUT2D eigenvalue weighted by Gasteiger charge is 2.28. The van der Waals surface area contributed by atoms with Crippen molar-refractivity contribution in [1.29, 1.82) is 0 Å². The van der Waals surface area contributed by atoms with Crippen LogP contribution >= 0.6 is 11.8 Å². The molecule has 0 aliphatic carbocycles. The van der Waals surface area contributed by atoms with Crippen molar-refractivity contribution >= 4 is 27.7 Å². The summed E-state index contributed by atoms with van der Waals surface area (Å²) in [7, 11) is -3.50. The summed E-state index contributed by atoms with van der Waals surface area (Å²) in [6.07, 6.45) is 1.40. The van der Waals surface area contributed by atoms with Crippen LogP contribution in [0.2, 0.25) is 0 Å². The van der Waals surface area contributed by atoms with Gasteiger partial charge in [-0.15, -0.1) is 0 Å². The number of carbonyl (C=O) groups excluding carboxylic acids is 1. The van der Waals surface area contributed by atoms with E-state index in [9.17, 15) is 13.2 Å². The molecule has 0 atom stereocenters. The summed E-state index contributed by atoms with van der Waals surface area (Å²) in [5.41, 5.74) is 0.289. The van der Waals surface area contributed by atoms with E-state index in [2.05, 4.69) is 15.6 Å². The van der Waals surface area contributed by atoms with Gasteiger partial charge in [-0.1, -0.05) is 0 Å². The Labute approximate surface area is 134 Å². The third-order valence-electron chi connectivity index (χ3n) is 3.93. The summed E-state index contributed by atoms with van der Waals surface area (Å²) < 4.78 is 26.5. The summed E-state index contributed by atoms with van der Waals surface area (Å²) >= 11 is 1.75. The number of thioether (sulfide) groups is 1. The summed E-state index contributed by atoms with van der Waals surface area (Å²) in [6.45, 7) is 3.48. The number of H-pyrrole nitrogens is 1. The molecule has 1 aromatic rings. The van der Waals surface area contributed by atoms with Crippen molar-refractivity contribution in [3.63, 3.8) is 0 Å². The van der Waals surface area contributed by atoms with E-state index in [0.717, 1.165) is 24.6 Å². The van der Waals surface area contributed by atoms with Crippen LogP contribution in [0.5, 0.6) is 0 Å². The van der Waals surface area contributed by atoms with E-state index in [0.29, 0.717) is 25.6 Å². The van der Waals surface area contributed by atoms with Gasteiger partial charge in [0.15, 0.2) is 0 Å². The normalized spacial score (nSPS) is 20.5. The Bertz CT molecular complexity index is 633. The van der Waals surface area contributed by atoms with Crippen molar-refractivity contribution < 1.29 is 13.2 Å². The van der Waals surface area contributed by atoms with Crippen molar-refractivity contribution in [1.82, 2.24) is 19.9 Å². The Hall–Kier alpha value is -1.03. The van der Waals surface area contributed by atoms with Gasteiger partial charge in [-0.3, -0.25) is 4.79 Å². The lowest BCUT2D eigenvalue weighted by molar-refractivity contribution is 0.0938. The monoisotopic (exact) mass is 344 g/mol.